The standard InChI is InChI=1S/C17H17Cl2NO2S/c18-13-6-5-12(11-14(13)19)3-1-9-20-17(22)8-7-15(21)16-4-2-10-23-16/h2,4-6,10-11H,1,3,7-9H2,(H,20,22). The summed E-state index contributed by atoms with van der Waals surface area (Å²) in [5.41, 5.74) is 1.08. The van der Waals surface area contributed by atoms with Gasteiger partial charge in [-0.15, -0.1) is 11.3 Å². The number of hydrogen-bond acceptors (Lipinski definition) is 3. The Labute approximate surface area is 149 Å². The van der Waals surface area contributed by atoms with Crippen molar-refractivity contribution in [3.8, 4) is 0 Å². The zero-order chi connectivity index (χ0) is 16.7. The van der Waals surface area contributed by atoms with Crippen molar-refractivity contribution in [2.45, 2.75) is 25.7 Å². The molecule has 0 atom stereocenters. The van der Waals surface area contributed by atoms with Crippen molar-refractivity contribution < 1.29 is 9.59 Å². The first-order valence-electron chi connectivity index (χ1n) is 7.33. The lowest BCUT2D eigenvalue weighted by Crippen LogP contribution is -2.25. The molecule has 3 nitrogen and oxygen atoms in total. The van der Waals surface area contributed by atoms with Crippen LogP contribution in [0.4, 0.5) is 0 Å². The van der Waals surface area contributed by atoms with E-state index in [1.807, 2.05) is 23.6 Å². The molecule has 6 heteroatoms. The molecule has 1 aromatic heterocycles. The van der Waals surface area contributed by atoms with Gasteiger partial charge in [-0.25, -0.2) is 0 Å². The van der Waals surface area contributed by atoms with Gasteiger partial charge in [0.05, 0.1) is 14.9 Å². The molecule has 1 N–H and O–H groups in total. The van der Waals surface area contributed by atoms with Crippen LogP contribution < -0.4 is 5.32 Å². The molecule has 0 aliphatic heterocycles. The fourth-order valence-corrected chi connectivity index (χ4v) is 3.11. The number of rotatable bonds is 8. The molecule has 0 fully saturated rings. The van der Waals surface area contributed by atoms with Crippen molar-refractivity contribution in [3.63, 3.8) is 0 Å². The zero-order valence-electron chi connectivity index (χ0n) is 12.5. The van der Waals surface area contributed by atoms with Crippen LogP contribution in [0.15, 0.2) is 35.7 Å². The molecule has 0 spiro atoms. The smallest absolute Gasteiger partial charge is 0.220 e. The number of aryl methyl sites for hydroxylation is 1. The number of halogens is 2. The van der Waals surface area contributed by atoms with Crippen LogP contribution in [0.3, 0.4) is 0 Å². The Kier molecular flexibility index (Phi) is 7.09. The maximum absolute atomic E-state index is 11.8. The zero-order valence-corrected chi connectivity index (χ0v) is 14.8. The van der Waals surface area contributed by atoms with Crippen LogP contribution in [0.1, 0.15) is 34.5 Å². The molecule has 0 aliphatic rings. The molecule has 1 aromatic carbocycles. The lowest BCUT2D eigenvalue weighted by Gasteiger charge is -2.06. The topological polar surface area (TPSA) is 46.2 Å². The Morgan fingerprint density at radius 2 is 1.91 bits per heavy atom. The highest BCUT2D eigenvalue weighted by molar-refractivity contribution is 7.12. The lowest BCUT2D eigenvalue weighted by molar-refractivity contribution is -0.121. The highest BCUT2D eigenvalue weighted by Crippen LogP contribution is 2.23. The van der Waals surface area contributed by atoms with Gasteiger partial charge in [0.15, 0.2) is 5.78 Å². The summed E-state index contributed by atoms with van der Waals surface area (Å²) in [4.78, 5) is 24.2. The average Bonchev–Trinajstić information content (AvgIpc) is 3.07. The third kappa shape index (κ3) is 5.98. The fourth-order valence-electron chi connectivity index (χ4n) is 2.09. The highest BCUT2D eigenvalue weighted by atomic mass is 35.5. The second-order valence-corrected chi connectivity index (χ2v) is 6.86. The van der Waals surface area contributed by atoms with E-state index in [0.29, 0.717) is 21.5 Å². The van der Waals surface area contributed by atoms with E-state index in [1.165, 1.54) is 11.3 Å². The van der Waals surface area contributed by atoms with Crippen molar-refractivity contribution in [1.82, 2.24) is 5.32 Å². The van der Waals surface area contributed by atoms with Gasteiger partial charge in [0, 0.05) is 19.4 Å². The van der Waals surface area contributed by atoms with E-state index in [4.69, 9.17) is 23.2 Å². The third-order valence-corrected chi connectivity index (χ3v) is 4.97. The summed E-state index contributed by atoms with van der Waals surface area (Å²) in [6.45, 7) is 0.576. The van der Waals surface area contributed by atoms with Gasteiger partial charge >= 0.3 is 0 Å². The summed E-state index contributed by atoms with van der Waals surface area (Å²) in [6.07, 6.45) is 2.09. The van der Waals surface area contributed by atoms with E-state index in [-0.39, 0.29) is 24.5 Å². The third-order valence-electron chi connectivity index (χ3n) is 3.32. The molecule has 0 unspecified atom stereocenters. The number of thiophene rings is 1. The Morgan fingerprint density at radius 1 is 1.09 bits per heavy atom. The number of Topliss-reactive ketones (excluding diaryl/α,β-unsaturated/α-hetero) is 1. The number of carbonyl (C=O) groups excluding carboxylic acids is 2. The van der Waals surface area contributed by atoms with Crippen molar-refractivity contribution in [3.05, 3.63) is 56.2 Å². The summed E-state index contributed by atoms with van der Waals surface area (Å²) in [6, 6.07) is 9.15. The monoisotopic (exact) mass is 369 g/mol. The van der Waals surface area contributed by atoms with Gasteiger partial charge in [0.1, 0.15) is 0 Å². The van der Waals surface area contributed by atoms with Gasteiger partial charge in [0.25, 0.3) is 0 Å². The summed E-state index contributed by atoms with van der Waals surface area (Å²) in [5, 5.41) is 5.77. The van der Waals surface area contributed by atoms with Crippen LogP contribution >= 0.6 is 34.5 Å². The van der Waals surface area contributed by atoms with Gasteiger partial charge in [-0.05, 0) is 42.0 Å². The van der Waals surface area contributed by atoms with Crippen molar-refractivity contribution in [2.75, 3.05) is 6.54 Å². The molecule has 0 saturated carbocycles. The predicted molar refractivity (Wildman–Crippen MR) is 95.7 cm³/mol. The molecule has 122 valence electrons. The Hall–Kier alpha value is -1.36. The molecule has 0 bridgehead atoms. The molecule has 23 heavy (non-hydrogen) atoms. The maximum Gasteiger partial charge on any atom is 0.220 e. The van der Waals surface area contributed by atoms with E-state index in [0.717, 1.165) is 18.4 Å². The Morgan fingerprint density at radius 3 is 2.61 bits per heavy atom. The van der Waals surface area contributed by atoms with E-state index < -0.39 is 0 Å². The second kappa shape index (κ2) is 9.06. The predicted octanol–water partition coefficient (Wildman–Crippen LogP) is 4.77. The number of nitrogens with one attached hydrogen (secondary N) is 1. The van der Waals surface area contributed by atoms with Gasteiger partial charge < -0.3 is 5.32 Å². The minimum Gasteiger partial charge on any atom is -0.356 e. The quantitative estimate of drug-likeness (QED) is 0.538. The first kappa shape index (κ1) is 18.0. The van der Waals surface area contributed by atoms with E-state index in [1.54, 1.807) is 12.1 Å². The number of ketones is 1. The second-order valence-electron chi connectivity index (χ2n) is 5.10. The molecule has 1 heterocycles. The van der Waals surface area contributed by atoms with E-state index in [9.17, 15) is 9.59 Å². The van der Waals surface area contributed by atoms with Crippen LogP contribution in [0.2, 0.25) is 10.0 Å². The van der Waals surface area contributed by atoms with Gasteiger partial charge in [-0.3, -0.25) is 9.59 Å². The molecule has 2 rings (SSSR count). The molecule has 0 saturated heterocycles. The van der Waals surface area contributed by atoms with Crippen LogP contribution in [-0.2, 0) is 11.2 Å². The molecular weight excluding hydrogens is 353 g/mol. The average molecular weight is 370 g/mol. The molecule has 0 radical (unpaired) electrons. The number of carbonyl (C=O) groups is 2. The SMILES string of the molecule is O=C(CCC(=O)c1cccs1)NCCCc1ccc(Cl)c(Cl)c1. The van der Waals surface area contributed by atoms with Gasteiger partial charge in [-0.1, -0.05) is 35.3 Å². The minimum atomic E-state index is -0.0935. The molecule has 2 aromatic rings. The minimum absolute atomic E-state index is 0.0194. The van der Waals surface area contributed by atoms with Crippen LogP contribution in [0, 0.1) is 0 Å². The lowest BCUT2D eigenvalue weighted by atomic mass is 10.1. The number of benzene rings is 1. The summed E-state index contributed by atoms with van der Waals surface area (Å²) < 4.78 is 0. The summed E-state index contributed by atoms with van der Waals surface area (Å²) in [7, 11) is 0. The van der Waals surface area contributed by atoms with Gasteiger partial charge in [0.2, 0.25) is 5.91 Å². The fraction of sp³-hybridized carbons (Fsp3) is 0.294. The van der Waals surface area contributed by atoms with E-state index >= 15 is 0 Å². The highest BCUT2D eigenvalue weighted by Gasteiger charge is 2.09. The normalized spacial score (nSPS) is 10.5. The molecule has 0 aliphatic carbocycles. The van der Waals surface area contributed by atoms with Crippen molar-refractivity contribution in [1.29, 1.82) is 0 Å². The number of amides is 1. The van der Waals surface area contributed by atoms with Crippen LogP contribution in [0.25, 0.3) is 0 Å². The maximum atomic E-state index is 11.8. The largest absolute Gasteiger partial charge is 0.356 e. The number of hydrogen-bond donors (Lipinski definition) is 1. The molecule has 1 amide bonds. The van der Waals surface area contributed by atoms with Gasteiger partial charge in [-0.2, -0.15) is 0 Å². The molecular formula is C17H17Cl2NO2S. The Bertz CT molecular complexity index is 671. The van der Waals surface area contributed by atoms with Crippen molar-refractivity contribution >= 4 is 46.2 Å². The van der Waals surface area contributed by atoms with Crippen LogP contribution in [-0.4, -0.2) is 18.2 Å². The Balaban J connectivity index is 1.63. The summed E-state index contributed by atoms with van der Waals surface area (Å²) in [5.74, 6) is -0.0741. The first-order valence-corrected chi connectivity index (χ1v) is 8.97. The first-order chi connectivity index (χ1) is 11.1. The van der Waals surface area contributed by atoms with E-state index in [2.05, 4.69) is 5.32 Å². The summed E-state index contributed by atoms with van der Waals surface area (Å²) >= 11 is 13.2. The van der Waals surface area contributed by atoms with Crippen molar-refractivity contribution in [2.24, 2.45) is 0 Å². The van der Waals surface area contributed by atoms with Crippen LogP contribution in [0.5, 0.6) is 0 Å².